The minimum absolute atomic E-state index is 0.00904. The molecule has 0 bridgehead atoms. The quantitative estimate of drug-likeness (QED) is 0.359. The van der Waals surface area contributed by atoms with Gasteiger partial charge in [0.1, 0.15) is 21.7 Å². The third-order valence-corrected chi connectivity index (χ3v) is 8.22. The van der Waals surface area contributed by atoms with Crippen LogP contribution in [0, 0.1) is 19.7 Å². The Bertz CT molecular complexity index is 1730. The van der Waals surface area contributed by atoms with E-state index >= 15 is 0 Å². The number of rotatable bonds is 6. The Morgan fingerprint density at radius 1 is 1.00 bits per heavy atom. The van der Waals surface area contributed by atoms with E-state index < -0.39 is 15.8 Å². The molecular formula is C25H21FN4O3S2. The number of nitrogens with zero attached hydrogens (tertiary/aromatic N) is 3. The van der Waals surface area contributed by atoms with Crippen molar-refractivity contribution in [2.45, 2.75) is 31.8 Å². The zero-order chi connectivity index (χ0) is 24.7. The number of aromatic nitrogens is 3. The molecule has 0 aliphatic rings. The van der Waals surface area contributed by atoms with Crippen molar-refractivity contribution in [3.05, 3.63) is 99.1 Å². The third kappa shape index (κ3) is 4.47. The Hall–Kier alpha value is -3.47. The van der Waals surface area contributed by atoms with Gasteiger partial charge in [-0.3, -0.25) is 4.79 Å². The highest BCUT2D eigenvalue weighted by Gasteiger charge is 2.29. The summed E-state index contributed by atoms with van der Waals surface area (Å²) in [5.41, 5.74) is 3.97. The predicted octanol–water partition coefficient (Wildman–Crippen LogP) is 4.68. The summed E-state index contributed by atoms with van der Waals surface area (Å²) in [7, 11) is -4.10. The fourth-order valence-electron chi connectivity index (χ4n) is 4.19. The average molecular weight is 509 g/mol. The zero-order valence-corrected chi connectivity index (χ0v) is 20.6. The van der Waals surface area contributed by atoms with Crippen molar-refractivity contribution in [1.29, 1.82) is 0 Å². The molecule has 5 aromatic rings. The van der Waals surface area contributed by atoms with Crippen LogP contribution in [0.1, 0.15) is 22.3 Å². The highest BCUT2D eigenvalue weighted by molar-refractivity contribution is 7.89. The third-order valence-electron chi connectivity index (χ3n) is 5.86. The van der Waals surface area contributed by atoms with Gasteiger partial charge < -0.3 is 4.98 Å². The first-order valence-corrected chi connectivity index (χ1v) is 13.0. The Morgan fingerprint density at radius 3 is 2.54 bits per heavy atom. The number of halogens is 1. The number of sulfonamides is 1. The average Bonchev–Trinajstić information content (AvgIpc) is 3.30. The minimum Gasteiger partial charge on any atom is -0.321 e. The van der Waals surface area contributed by atoms with Crippen LogP contribution < -0.4 is 5.56 Å². The second-order valence-electron chi connectivity index (χ2n) is 8.46. The van der Waals surface area contributed by atoms with Crippen LogP contribution >= 0.6 is 11.7 Å². The van der Waals surface area contributed by atoms with Gasteiger partial charge in [0.25, 0.3) is 5.56 Å². The maximum absolute atomic E-state index is 13.9. The summed E-state index contributed by atoms with van der Waals surface area (Å²) in [6, 6.07) is 16.1. The minimum atomic E-state index is -4.10. The molecule has 3 aromatic carbocycles. The van der Waals surface area contributed by atoms with Crippen molar-refractivity contribution >= 4 is 43.7 Å². The smallest absolute Gasteiger partial charge is 0.252 e. The van der Waals surface area contributed by atoms with Crippen molar-refractivity contribution in [3.63, 3.8) is 0 Å². The van der Waals surface area contributed by atoms with Crippen molar-refractivity contribution in [2.24, 2.45) is 0 Å². The van der Waals surface area contributed by atoms with Gasteiger partial charge in [-0.05, 0) is 66.8 Å². The summed E-state index contributed by atoms with van der Waals surface area (Å²) < 4.78 is 50.8. The summed E-state index contributed by atoms with van der Waals surface area (Å²) in [6.45, 7) is 3.65. The summed E-state index contributed by atoms with van der Waals surface area (Å²) in [5.74, 6) is -0.418. The summed E-state index contributed by atoms with van der Waals surface area (Å²) in [5, 5.41) is 0.821. The van der Waals surface area contributed by atoms with E-state index in [1.807, 2.05) is 26.0 Å². The maximum atomic E-state index is 13.9. The van der Waals surface area contributed by atoms with E-state index in [4.69, 9.17) is 0 Å². The van der Waals surface area contributed by atoms with Crippen LogP contribution in [-0.4, -0.2) is 26.5 Å². The molecule has 0 atom stereocenters. The van der Waals surface area contributed by atoms with Crippen molar-refractivity contribution in [2.75, 3.05) is 0 Å². The monoisotopic (exact) mass is 508 g/mol. The molecular weight excluding hydrogens is 487 g/mol. The van der Waals surface area contributed by atoms with Gasteiger partial charge >= 0.3 is 0 Å². The van der Waals surface area contributed by atoms with E-state index in [0.717, 1.165) is 33.8 Å². The van der Waals surface area contributed by atoms with Crippen LogP contribution in [0.5, 0.6) is 0 Å². The van der Waals surface area contributed by atoms with E-state index in [0.29, 0.717) is 16.6 Å². The summed E-state index contributed by atoms with van der Waals surface area (Å²) in [6.07, 6.45) is 0. The lowest BCUT2D eigenvalue weighted by atomic mass is 10.1. The van der Waals surface area contributed by atoms with Gasteiger partial charge in [0.15, 0.2) is 0 Å². The molecule has 0 radical (unpaired) electrons. The number of nitrogens with one attached hydrogen (secondary N) is 1. The Balaban J connectivity index is 1.63. The molecule has 2 heterocycles. The maximum Gasteiger partial charge on any atom is 0.252 e. The van der Waals surface area contributed by atoms with Gasteiger partial charge in [-0.25, -0.2) is 12.8 Å². The van der Waals surface area contributed by atoms with Gasteiger partial charge in [0.05, 0.1) is 17.2 Å². The molecule has 0 spiro atoms. The molecule has 0 amide bonds. The van der Waals surface area contributed by atoms with Crippen LogP contribution in [0.4, 0.5) is 4.39 Å². The number of aromatic amines is 1. The largest absolute Gasteiger partial charge is 0.321 e. The highest BCUT2D eigenvalue weighted by atomic mass is 32.2. The first kappa shape index (κ1) is 23.3. The van der Waals surface area contributed by atoms with Gasteiger partial charge in [-0.1, -0.05) is 29.8 Å². The van der Waals surface area contributed by atoms with E-state index in [1.54, 1.807) is 18.2 Å². The van der Waals surface area contributed by atoms with E-state index in [1.165, 1.54) is 34.6 Å². The number of pyridine rings is 1. The van der Waals surface area contributed by atoms with Crippen LogP contribution in [0.2, 0.25) is 0 Å². The molecule has 7 nitrogen and oxygen atoms in total. The number of aryl methyl sites for hydroxylation is 2. The van der Waals surface area contributed by atoms with Gasteiger partial charge in [0, 0.05) is 18.7 Å². The highest BCUT2D eigenvalue weighted by Crippen LogP contribution is 2.27. The molecule has 1 N–H and O–H groups in total. The number of fused-ring (bicyclic) bond motifs is 2. The van der Waals surface area contributed by atoms with Crippen LogP contribution in [0.15, 0.2) is 70.4 Å². The molecule has 5 rings (SSSR count). The molecule has 0 aliphatic heterocycles. The SMILES string of the molecule is Cc1cc(C)c2[nH]c(=O)c(CN(Cc3ccc(F)cc3)S(=O)(=O)c3cccc4nsnc34)cc2c1. The number of benzene rings is 3. The number of hydrogen-bond donors (Lipinski definition) is 1. The number of H-pyrrole nitrogens is 1. The zero-order valence-electron chi connectivity index (χ0n) is 18.9. The first-order valence-electron chi connectivity index (χ1n) is 10.8. The Labute approximate surface area is 205 Å². The van der Waals surface area contributed by atoms with E-state index in [2.05, 4.69) is 13.7 Å². The van der Waals surface area contributed by atoms with E-state index in [9.17, 15) is 17.6 Å². The summed E-state index contributed by atoms with van der Waals surface area (Å²) in [4.78, 5) is 15.9. The van der Waals surface area contributed by atoms with Crippen molar-refractivity contribution in [3.8, 4) is 0 Å². The predicted molar refractivity (Wildman–Crippen MR) is 134 cm³/mol. The first-order chi connectivity index (χ1) is 16.7. The fourth-order valence-corrected chi connectivity index (χ4v) is 6.35. The second kappa shape index (κ2) is 8.95. The molecule has 0 saturated heterocycles. The van der Waals surface area contributed by atoms with Crippen molar-refractivity contribution < 1.29 is 12.8 Å². The molecule has 35 heavy (non-hydrogen) atoms. The lowest BCUT2D eigenvalue weighted by molar-refractivity contribution is 0.400. The molecule has 0 aliphatic carbocycles. The fraction of sp³-hybridized carbons (Fsp3) is 0.160. The summed E-state index contributed by atoms with van der Waals surface area (Å²) >= 11 is 0.931. The molecule has 0 saturated carbocycles. The molecule has 178 valence electrons. The van der Waals surface area contributed by atoms with Gasteiger partial charge in [0.2, 0.25) is 10.0 Å². The molecule has 0 fully saturated rings. The molecule has 0 unspecified atom stereocenters. The van der Waals surface area contributed by atoms with Gasteiger partial charge in [-0.15, -0.1) is 0 Å². The van der Waals surface area contributed by atoms with Crippen molar-refractivity contribution in [1.82, 2.24) is 18.0 Å². The van der Waals surface area contributed by atoms with Gasteiger partial charge in [-0.2, -0.15) is 13.1 Å². The lowest BCUT2D eigenvalue weighted by Gasteiger charge is -2.22. The molecule has 2 aromatic heterocycles. The topological polar surface area (TPSA) is 96.0 Å². The lowest BCUT2D eigenvalue weighted by Crippen LogP contribution is -2.32. The van der Waals surface area contributed by atoms with Crippen LogP contribution in [-0.2, 0) is 23.1 Å². The number of hydrogen-bond acceptors (Lipinski definition) is 6. The van der Waals surface area contributed by atoms with Crippen LogP contribution in [0.3, 0.4) is 0 Å². The Kier molecular flexibility index (Phi) is 5.96. The standard InChI is InChI=1S/C25H21FN4O3S2/c1-15-10-16(2)23-18(11-15)12-19(25(31)27-23)14-30(13-17-6-8-20(26)9-7-17)35(32,33)22-5-3-4-21-24(22)29-34-28-21/h3-12H,13-14H2,1-2H3,(H,27,31). The van der Waals surface area contributed by atoms with E-state index in [-0.39, 0.29) is 29.1 Å². The molecule has 10 heteroatoms. The Morgan fingerprint density at radius 2 is 1.77 bits per heavy atom. The van der Waals surface area contributed by atoms with Crippen LogP contribution in [0.25, 0.3) is 21.9 Å². The second-order valence-corrected chi connectivity index (χ2v) is 10.9. The normalized spacial score (nSPS) is 12.1.